The van der Waals surface area contributed by atoms with E-state index >= 15 is 0 Å². The molecule has 0 spiro atoms. The van der Waals surface area contributed by atoms with Crippen molar-refractivity contribution in [2.75, 3.05) is 0 Å². The van der Waals surface area contributed by atoms with Gasteiger partial charge in [0.25, 0.3) is 0 Å². The van der Waals surface area contributed by atoms with Crippen LogP contribution in [0.4, 0.5) is 0 Å². The van der Waals surface area contributed by atoms with E-state index in [4.69, 9.17) is 4.74 Å². The number of nitriles is 1. The monoisotopic (exact) mass is 498 g/mol. The highest BCUT2D eigenvalue weighted by atomic mass is 16.5. The summed E-state index contributed by atoms with van der Waals surface area (Å²) >= 11 is 0. The molecule has 0 fully saturated rings. The molecule has 0 aromatic heterocycles. The SMILES string of the molecule is C=C(C)C(=O)/C=C1/c2cccc(c2)COc2cc(ccc2C#N)C(O)(C2=CN=CC2=C)c2ccc(C)c1c2. The van der Waals surface area contributed by atoms with E-state index in [9.17, 15) is 15.2 Å². The molecule has 5 heteroatoms. The van der Waals surface area contributed by atoms with Crippen molar-refractivity contribution >= 4 is 17.6 Å². The van der Waals surface area contributed by atoms with Crippen molar-refractivity contribution in [2.45, 2.75) is 26.1 Å². The second kappa shape index (κ2) is 9.59. The first kappa shape index (κ1) is 24.9. The Kier molecular flexibility index (Phi) is 6.28. The first-order valence-corrected chi connectivity index (χ1v) is 12.2. The van der Waals surface area contributed by atoms with E-state index in [2.05, 4.69) is 24.2 Å². The number of hydrogen-bond donors (Lipinski definition) is 1. The van der Waals surface area contributed by atoms with Gasteiger partial charge in [0.05, 0.1) is 5.56 Å². The number of aryl methyl sites for hydroxylation is 1. The Morgan fingerprint density at radius 3 is 2.63 bits per heavy atom. The number of ether oxygens (including phenoxy) is 1. The number of allylic oxidation sites excluding steroid dienone is 2. The van der Waals surface area contributed by atoms with E-state index < -0.39 is 5.60 Å². The molecular weight excluding hydrogens is 472 g/mol. The fraction of sp³-hybridized carbons (Fsp3) is 0.121. The van der Waals surface area contributed by atoms with Gasteiger partial charge in [0.15, 0.2) is 5.78 Å². The molecule has 5 rings (SSSR count). The Balaban J connectivity index is 1.87. The van der Waals surface area contributed by atoms with Crippen molar-refractivity contribution in [1.82, 2.24) is 0 Å². The molecule has 0 aliphatic carbocycles. The highest BCUT2D eigenvalue weighted by Crippen LogP contribution is 2.44. The van der Waals surface area contributed by atoms with Crippen LogP contribution in [0.25, 0.3) is 5.57 Å². The van der Waals surface area contributed by atoms with Crippen molar-refractivity contribution < 1.29 is 14.6 Å². The maximum Gasteiger partial charge on any atom is 0.181 e. The Labute approximate surface area is 222 Å². The summed E-state index contributed by atoms with van der Waals surface area (Å²) in [5.74, 6) is 0.176. The van der Waals surface area contributed by atoms with Gasteiger partial charge < -0.3 is 9.84 Å². The van der Waals surface area contributed by atoms with Crippen LogP contribution in [0.1, 0.15) is 45.9 Å². The number of rotatable bonds is 3. The third-order valence-electron chi connectivity index (χ3n) is 6.96. The largest absolute Gasteiger partial charge is 0.488 e. The van der Waals surface area contributed by atoms with Crippen molar-refractivity contribution in [2.24, 2.45) is 4.99 Å². The van der Waals surface area contributed by atoms with Crippen molar-refractivity contribution in [3.8, 4) is 11.8 Å². The highest BCUT2D eigenvalue weighted by molar-refractivity contribution is 6.09. The number of ketones is 1. The van der Waals surface area contributed by atoms with Gasteiger partial charge in [-0.1, -0.05) is 49.6 Å². The predicted octanol–water partition coefficient (Wildman–Crippen LogP) is 6.10. The smallest absolute Gasteiger partial charge is 0.181 e. The van der Waals surface area contributed by atoms with Crippen LogP contribution < -0.4 is 4.74 Å². The van der Waals surface area contributed by atoms with Gasteiger partial charge >= 0.3 is 0 Å². The zero-order valence-electron chi connectivity index (χ0n) is 21.3. The van der Waals surface area contributed by atoms with Gasteiger partial charge in [0.2, 0.25) is 0 Å². The Morgan fingerprint density at radius 1 is 1.16 bits per heavy atom. The Bertz CT molecular complexity index is 1670. The summed E-state index contributed by atoms with van der Waals surface area (Å²) in [6.45, 7) is 11.8. The molecule has 38 heavy (non-hydrogen) atoms. The summed E-state index contributed by atoms with van der Waals surface area (Å²) in [7, 11) is 0. The molecule has 1 unspecified atom stereocenters. The van der Waals surface area contributed by atoms with Crippen molar-refractivity contribution in [1.29, 1.82) is 5.26 Å². The lowest BCUT2D eigenvalue weighted by atomic mass is 9.76. The summed E-state index contributed by atoms with van der Waals surface area (Å²) in [6, 6.07) is 20.7. The van der Waals surface area contributed by atoms with E-state index in [0.717, 1.165) is 22.3 Å². The molecule has 5 nitrogen and oxygen atoms in total. The molecule has 1 N–H and O–H groups in total. The van der Waals surface area contributed by atoms with Crippen LogP contribution in [-0.2, 0) is 17.0 Å². The molecule has 2 aliphatic heterocycles. The van der Waals surface area contributed by atoms with Crippen LogP contribution >= 0.6 is 0 Å². The van der Waals surface area contributed by atoms with E-state index in [1.807, 2.05) is 49.4 Å². The molecule has 186 valence electrons. The zero-order chi connectivity index (χ0) is 27.0. The summed E-state index contributed by atoms with van der Waals surface area (Å²) in [4.78, 5) is 17.1. The summed E-state index contributed by atoms with van der Waals surface area (Å²) in [5.41, 5.74) is 5.43. The van der Waals surface area contributed by atoms with Gasteiger partial charge in [-0.3, -0.25) is 9.79 Å². The number of fused-ring (bicyclic) bond motifs is 6. The molecule has 3 aromatic carbocycles. The molecular formula is C33H26N2O3. The average molecular weight is 499 g/mol. The maximum absolute atomic E-state index is 12.9. The summed E-state index contributed by atoms with van der Waals surface area (Å²) < 4.78 is 6.13. The molecule has 0 saturated carbocycles. The molecule has 2 heterocycles. The number of aliphatic hydroxyl groups is 1. The van der Waals surface area contributed by atoms with Crippen molar-refractivity contribution in [3.05, 3.63) is 142 Å². The van der Waals surface area contributed by atoms with Crippen LogP contribution in [0, 0.1) is 18.3 Å². The molecule has 0 amide bonds. The van der Waals surface area contributed by atoms with E-state index in [1.165, 1.54) is 0 Å². The molecule has 1 atom stereocenters. The van der Waals surface area contributed by atoms with Crippen LogP contribution in [0.3, 0.4) is 0 Å². The van der Waals surface area contributed by atoms with Gasteiger partial charge in [-0.15, -0.1) is 0 Å². The number of nitrogens with zero attached hydrogens (tertiary/aromatic N) is 2. The van der Waals surface area contributed by atoms with Crippen LogP contribution in [0.2, 0.25) is 0 Å². The fourth-order valence-corrected chi connectivity index (χ4v) is 4.81. The second-order valence-corrected chi connectivity index (χ2v) is 9.60. The first-order valence-electron chi connectivity index (χ1n) is 12.2. The number of carbonyl (C=O) groups excluding carboxylic acids is 1. The van der Waals surface area contributed by atoms with Crippen molar-refractivity contribution in [3.63, 3.8) is 0 Å². The molecule has 0 saturated heterocycles. The minimum absolute atomic E-state index is 0.184. The van der Waals surface area contributed by atoms with Gasteiger partial charge in [-0.2, -0.15) is 5.26 Å². The lowest BCUT2D eigenvalue weighted by Crippen LogP contribution is -2.30. The number of benzene rings is 3. The third kappa shape index (κ3) is 4.21. The van der Waals surface area contributed by atoms with E-state index in [-0.39, 0.29) is 12.4 Å². The van der Waals surface area contributed by atoms with Crippen LogP contribution in [0.5, 0.6) is 5.75 Å². The van der Waals surface area contributed by atoms with E-state index in [1.54, 1.807) is 43.6 Å². The highest BCUT2D eigenvalue weighted by Gasteiger charge is 2.39. The third-order valence-corrected chi connectivity index (χ3v) is 6.96. The predicted molar refractivity (Wildman–Crippen MR) is 149 cm³/mol. The Morgan fingerprint density at radius 2 is 1.92 bits per heavy atom. The minimum atomic E-state index is -1.65. The maximum atomic E-state index is 12.9. The van der Waals surface area contributed by atoms with Gasteiger partial charge in [-0.05, 0) is 94.3 Å². The quantitative estimate of drug-likeness (QED) is 0.443. The fourth-order valence-electron chi connectivity index (χ4n) is 4.81. The molecule has 6 bridgehead atoms. The normalized spacial score (nSPS) is 18.9. The average Bonchev–Trinajstić information content (AvgIpc) is 3.36. The first-order chi connectivity index (χ1) is 18.2. The number of carbonyl (C=O) groups is 1. The minimum Gasteiger partial charge on any atom is -0.488 e. The van der Waals surface area contributed by atoms with Crippen LogP contribution in [-0.4, -0.2) is 17.1 Å². The molecule has 0 radical (unpaired) electrons. The summed E-state index contributed by atoms with van der Waals surface area (Å²) in [5, 5.41) is 22.3. The lowest BCUT2D eigenvalue weighted by Gasteiger charge is -2.32. The van der Waals surface area contributed by atoms with Gasteiger partial charge in [0, 0.05) is 18.0 Å². The van der Waals surface area contributed by atoms with E-state index in [0.29, 0.717) is 44.7 Å². The Hall–Kier alpha value is -4.79. The van der Waals surface area contributed by atoms with Crippen LogP contribution in [0.15, 0.2) is 108 Å². The van der Waals surface area contributed by atoms with Gasteiger partial charge in [-0.25, -0.2) is 0 Å². The molecule has 2 aliphatic rings. The second-order valence-electron chi connectivity index (χ2n) is 9.60. The number of aliphatic imine (C=N–C) groups is 1. The standard InChI is InChI=1S/C33H26N2O3/c1-20(2)31(36)15-29-24-7-5-6-23(12-24)19-38-32-14-27(11-9-25(32)16-34)33(37,30-18-35-17-22(30)4)26-10-8-21(3)28(29)13-26/h5-15,17-18,37H,1,4,19H2,2-3H3/b29-15-. The zero-order valence-corrected chi connectivity index (χ0v) is 21.3. The van der Waals surface area contributed by atoms with Gasteiger partial charge in [0.1, 0.15) is 24.0 Å². The lowest BCUT2D eigenvalue weighted by molar-refractivity contribution is -0.111. The topological polar surface area (TPSA) is 82.7 Å². The molecule has 3 aromatic rings. The number of hydrogen-bond acceptors (Lipinski definition) is 5. The summed E-state index contributed by atoms with van der Waals surface area (Å²) in [6.07, 6.45) is 4.80.